The molecule has 0 saturated carbocycles. The first-order valence-corrected chi connectivity index (χ1v) is 23.5. The van der Waals surface area contributed by atoms with Gasteiger partial charge in [0, 0.05) is 68.4 Å². The fourth-order valence-corrected chi connectivity index (χ4v) is 9.41. The third-order valence-electron chi connectivity index (χ3n) is 11.1. The SMILES string of the molecule is CCc1nc(C)sc1C(=O)Nc1nc2cc(C(N)=O)cc(SC)c2n1C/C=C/Cn1c(NC(=O)c2cc(C)nn2CC)nc2cc(C(N)=O)cc(OCCCN3CCN(C(=O)OC)CC3)c21. The molecule has 22 heteroatoms. The van der Waals surface area contributed by atoms with Crippen LogP contribution in [0.3, 0.4) is 0 Å². The fraction of sp³-hybridized carbons (Fsp3) is 0.386. The van der Waals surface area contributed by atoms with E-state index in [-0.39, 0.29) is 54.7 Å². The molecule has 6 N–H and O–H groups in total. The summed E-state index contributed by atoms with van der Waals surface area (Å²) in [5.74, 6) is -1.28. The number of rotatable bonds is 18. The van der Waals surface area contributed by atoms with Gasteiger partial charge in [0.25, 0.3) is 11.8 Å². The number of benzene rings is 2. The predicted molar refractivity (Wildman–Crippen MR) is 253 cm³/mol. The number of carbonyl (C=O) groups excluding carboxylic acids is 5. The number of nitrogens with zero attached hydrogens (tertiary/aromatic N) is 9. The van der Waals surface area contributed by atoms with E-state index < -0.39 is 17.7 Å². The fourth-order valence-electron chi connectivity index (χ4n) is 7.85. The number of hydrogen-bond donors (Lipinski definition) is 4. The second-order valence-electron chi connectivity index (χ2n) is 15.4. The van der Waals surface area contributed by atoms with E-state index in [1.165, 1.54) is 30.2 Å². The van der Waals surface area contributed by atoms with Gasteiger partial charge in [-0.1, -0.05) is 19.1 Å². The second-order valence-corrected chi connectivity index (χ2v) is 17.5. The Hall–Kier alpha value is -6.78. The highest BCUT2D eigenvalue weighted by Gasteiger charge is 2.25. The summed E-state index contributed by atoms with van der Waals surface area (Å²) in [6.45, 7) is 11.8. The van der Waals surface area contributed by atoms with Crippen molar-refractivity contribution in [2.75, 3.05) is 63.3 Å². The molecule has 1 saturated heterocycles. The Kier molecular flexibility index (Phi) is 14.7. The van der Waals surface area contributed by atoms with Crippen molar-refractivity contribution in [3.63, 3.8) is 0 Å². The quantitative estimate of drug-likeness (QED) is 0.0500. The van der Waals surface area contributed by atoms with Crippen LogP contribution in [0.15, 0.2) is 47.4 Å². The molecule has 1 fully saturated rings. The van der Waals surface area contributed by atoms with Crippen LogP contribution in [0, 0.1) is 13.8 Å². The Morgan fingerprint density at radius 1 is 0.833 bits per heavy atom. The molecule has 0 radical (unpaired) electrons. The van der Waals surface area contributed by atoms with Crippen LogP contribution in [0.5, 0.6) is 5.75 Å². The highest BCUT2D eigenvalue weighted by atomic mass is 32.2. The van der Waals surface area contributed by atoms with E-state index in [1.54, 1.807) is 44.5 Å². The molecular weight excluding hydrogens is 887 g/mol. The molecular formula is C44H53N13O7S2. The maximum Gasteiger partial charge on any atom is 0.409 e. The van der Waals surface area contributed by atoms with E-state index in [0.29, 0.717) is 102 Å². The van der Waals surface area contributed by atoms with Gasteiger partial charge in [-0.2, -0.15) is 5.10 Å². The molecule has 0 bridgehead atoms. The third kappa shape index (κ3) is 10.2. The maximum atomic E-state index is 13.9. The predicted octanol–water partition coefficient (Wildman–Crippen LogP) is 5.07. The zero-order chi connectivity index (χ0) is 47.2. The summed E-state index contributed by atoms with van der Waals surface area (Å²) in [6, 6.07) is 8.14. The summed E-state index contributed by atoms with van der Waals surface area (Å²) in [5.41, 5.74) is 15.7. The van der Waals surface area contributed by atoms with Gasteiger partial charge in [0.15, 0.2) is 0 Å². The summed E-state index contributed by atoms with van der Waals surface area (Å²) in [7, 11) is 1.37. The standard InChI is InChI=1S/C44H53N13O7S2/c1-7-29-37(66-26(4)47-29)41(61)51-43-49-31-22-28(39(46)59)24-34(65-6)36(31)56(43)14-10-9-13-55-35-30(48-42(55)50-40(60)32-20-25(3)52-57(32)8-2)21-27(38(45)58)23-33(35)64-19-11-12-53-15-17-54(18-16-53)44(62)63-5/h9-10,20-24H,7-8,11-19H2,1-6H3,(H2,45,58)(H2,46,59)(H,48,50,60)(H,49,51,61)/b10-9+. The molecule has 20 nitrogen and oxygen atoms in total. The molecule has 4 aromatic heterocycles. The molecule has 1 aliphatic rings. The van der Waals surface area contributed by atoms with Gasteiger partial charge < -0.3 is 35.0 Å². The summed E-state index contributed by atoms with van der Waals surface area (Å²) in [4.78, 5) is 83.8. The van der Waals surface area contributed by atoms with Crippen LogP contribution < -0.4 is 26.8 Å². The Morgan fingerprint density at radius 2 is 1.45 bits per heavy atom. The molecule has 0 atom stereocenters. The first kappa shape index (κ1) is 47.2. The number of allylic oxidation sites excluding steroid dienone is 2. The van der Waals surface area contributed by atoms with Gasteiger partial charge in [-0.05, 0) is 70.2 Å². The van der Waals surface area contributed by atoms with Crippen molar-refractivity contribution in [1.29, 1.82) is 0 Å². The van der Waals surface area contributed by atoms with Crippen LogP contribution in [0.25, 0.3) is 22.1 Å². The molecule has 348 valence electrons. The lowest BCUT2D eigenvalue weighted by Crippen LogP contribution is -2.48. The summed E-state index contributed by atoms with van der Waals surface area (Å²) >= 11 is 2.71. The van der Waals surface area contributed by atoms with Crippen LogP contribution in [-0.2, 0) is 30.8 Å². The number of thioether (sulfide) groups is 1. The van der Waals surface area contributed by atoms with Crippen molar-refractivity contribution in [2.45, 2.75) is 65.1 Å². The number of hydrogen-bond acceptors (Lipinski definition) is 14. The van der Waals surface area contributed by atoms with Crippen molar-refractivity contribution < 1.29 is 33.4 Å². The van der Waals surface area contributed by atoms with E-state index in [2.05, 4.69) is 25.6 Å². The Labute approximate surface area is 388 Å². The minimum absolute atomic E-state index is 0.171. The molecule has 1 aliphatic heterocycles. The van der Waals surface area contributed by atoms with Gasteiger partial charge in [-0.15, -0.1) is 23.1 Å². The zero-order valence-corrected chi connectivity index (χ0v) is 39.3. The van der Waals surface area contributed by atoms with E-state index in [0.717, 1.165) is 9.90 Å². The van der Waals surface area contributed by atoms with E-state index >= 15 is 0 Å². The number of nitrogens with two attached hydrogens (primary N) is 2. The summed E-state index contributed by atoms with van der Waals surface area (Å²) in [5, 5.41) is 11.2. The Bertz CT molecular complexity index is 2850. The van der Waals surface area contributed by atoms with Gasteiger partial charge in [-0.3, -0.25) is 39.4 Å². The molecule has 5 amide bonds. The minimum Gasteiger partial charge on any atom is -0.491 e. The number of ether oxygens (including phenoxy) is 2. The molecule has 7 rings (SSSR count). The molecule has 66 heavy (non-hydrogen) atoms. The first-order valence-electron chi connectivity index (χ1n) is 21.4. The molecule has 0 unspecified atom stereocenters. The molecule has 0 spiro atoms. The van der Waals surface area contributed by atoms with Crippen LogP contribution >= 0.6 is 23.1 Å². The molecule has 2 aromatic carbocycles. The van der Waals surface area contributed by atoms with Crippen molar-refractivity contribution in [3.05, 3.63) is 80.6 Å². The van der Waals surface area contributed by atoms with Gasteiger partial charge in [0.1, 0.15) is 21.8 Å². The number of fused-ring (bicyclic) bond motifs is 2. The lowest BCUT2D eigenvalue weighted by Gasteiger charge is -2.33. The lowest BCUT2D eigenvalue weighted by atomic mass is 10.1. The van der Waals surface area contributed by atoms with Gasteiger partial charge in [0.2, 0.25) is 23.7 Å². The van der Waals surface area contributed by atoms with E-state index in [9.17, 15) is 24.0 Å². The van der Waals surface area contributed by atoms with Gasteiger partial charge in [-0.25, -0.2) is 19.7 Å². The van der Waals surface area contributed by atoms with Crippen LogP contribution in [0.1, 0.15) is 77.5 Å². The maximum absolute atomic E-state index is 13.9. The van der Waals surface area contributed by atoms with Crippen LogP contribution in [-0.4, -0.2) is 126 Å². The average Bonchev–Trinajstić information content (AvgIpc) is 4.07. The number of aromatic nitrogens is 7. The number of primary amides is 2. The molecule has 5 heterocycles. The summed E-state index contributed by atoms with van der Waals surface area (Å²) in [6.07, 6.45) is 6.52. The van der Waals surface area contributed by atoms with Gasteiger partial charge >= 0.3 is 6.09 Å². The van der Waals surface area contributed by atoms with Crippen molar-refractivity contribution in [2.24, 2.45) is 11.5 Å². The van der Waals surface area contributed by atoms with Crippen LogP contribution in [0.4, 0.5) is 16.7 Å². The number of nitrogens with one attached hydrogen (secondary N) is 2. The second kappa shape index (κ2) is 20.6. The van der Waals surface area contributed by atoms with Gasteiger partial charge in [0.05, 0.1) is 46.7 Å². The number of carbonyl (C=O) groups is 5. The first-order chi connectivity index (χ1) is 31.7. The molecule has 0 aliphatic carbocycles. The number of aryl methyl sites for hydroxylation is 4. The van der Waals surface area contributed by atoms with Crippen molar-refractivity contribution >= 4 is 86.8 Å². The van der Waals surface area contributed by atoms with Crippen LogP contribution in [0.2, 0.25) is 0 Å². The highest BCUT2D eigenvalue weighted by Crippen LogP contribution is 2.34. The number of imidazole rings is 2. The Morgan fingerprint density at radius 3 is 2.06 bits per heavy atom. The minimum atomic E-state index is -0.674. The number of anilines is 2. The largest absolute Gasteiger partial charge is 0.491 e. The van der Waals surface area contributed by atoms with E-state index in [1.807, 2.05) is 50.7 Å². The average molecular weight is 940 g/mol. The number of piperazine rings is 1. The monoisotopic (exact) mass is 939 g/mol. The topological polar surface area (TPSA) is 253 Å². The third-order valence-corrected chi connectivity index (χ3v) is 12.8. The zero-order valence-electron chi connectivity index (χ0n) is 37.7. The number of thiazole rings is 1. The number of methoxy groups -OCH3 is 1. The smallest absolute Gasteiger partial charge is 0.409 e. The van der Waals surface area contributed by atoms with Crippen molar-refractivity contribution in [1.82, 2.24) is 43.7 Å². The van der Waals surface area contributed by atoms with Crippen molar-refractivity contribution in [3.8, 4) is 5.75 Å². The lowest BCUT2D eigenvalue weighted by molar-refractivity contribution is 0.0891. The number of amides is 5. The van der Waals surface area contributed by atoms with E-state index in [4.69, 9.17) is 30.9 Å². The molecule has 6 aromatic rings. The summed E-state index contributed by atoms with van der Waals surface area (Å²) < 4.78 is 16.5. The highest BCUT2D eigenvalue weighted by molar-refractivity contribution is 7.98. The normalized spacial score (nSPS) is 13.2. The Balaban J connectivity index is 1.22.